The summed E-state index contributed by atoms with van der Waals surface area (Å²) in [7, 11) is 0. The van der Waals surface area contributed by atoms with E-state index in [-0.39, 0.29) is 16.5 Å². The second kappa shape index (κ2) is 7.98. The van der Waals surface area contributed by atoms with Gasteiger partial charge in [-0.15, -0.1) is 11.3 Å². The van der Waals surface area contributed by atoms with Crippen LogP contribution < -0.4 is 16.3 Å². The molecule has 0 unspecified atom stereocenters. The average molecular weight is 493 g/mol. The number of carbonyl (C=O) groups is 1. The lowest BCUT2D eigenvalue weighted by molar-refractivity contribution is 0.0961. The van der Waals surface area contributed by atoms with Crippen LogP contribution in [0.4, 0.5) is 10.1 Å². The van der Waals surface area contributed by atoms with Crippen molar-refractivity contribution in [2.24, 2.45) is 0 Å². The predicted molar refractivity (Wildman–Crippen MR) is 118 cm³/mol. The van der Waals surface area contributed by atoms with Gasteiger partial charge in [-0.3, -0.25) is 20.4 Å². The second-order valence-electron chi connectivity index (χ2n) is 6.13. The summed E-state index contributed by atoms with van der Waals surface area (Å²) in [5, 5.41) is 2.53. The zero-order valence-corrected chi connectivity index (χ0v) is 17.7. The molecule has 0 spiro atoms. The number of rotatable bonds is 4. The van der Waals surface area contributed by atoms with Crippen molar-refractivity contribution < 1.29 is 9.18 Å². The Morgan fingerprint density at radius 2 is 1.93 bits per heavy atom. The largest absolute Gasteiger partial charge is 0.358 e. The lowest BCUT2D eigenvalue weighted by Crippen LogP contribution is -2.33. The maximum absolute atomic E-state index is 14.6. The average Bonchev–Trinajstić information content (AvgIpc) is 3.14. The molecule has 29 heavy (non-hydrogen) atoms. The van der Waals surface area contributed by atoms with Gasteiger partial charge in [0.15, 0.2) is 0 Å². The SMILES string of the molecule is O=C(NNc1ccc(Cl)cc1)c1c[nH]c2c(F)cc(-c3cc(Br)cs3)cc2c1=O. The van der Waals surface area contributed by atoms with E-state index in [1.807, 2.05) is 11.4 Å². The number of hydrogen-bond acceptors (Lipinski definition) is 4. The third-order valence-corrected chi connectivity index (χ3v) is 6.19. The molecule has 0 aliphatic rings. The number of hydrogen-bond donors (Lipinski definition) is 3. The molecule has 3 N–H and O–H groups in total. The van der Waals surface area contributed by atoms with Crippen LogP contribution in [0.2, 0.25) is 5.02 Å². The Labute approximate surface area is 181 Å². The molecule has 2 aromatic carbocycles. The molecule has 1 amide bonds. The van der Waals surface area contributed by atoms with Crippen LogP contribution in [0, 0.1) is 5.82 Å². The number of aromatic amines is 1. The van der Waals surface area contributed by atoms with Gasteiger partial charge < -0.3 is 4.98 Å². The lowest BCUT2D eigenvalue weighted by Gasteiger charge is -2.09. The Bertz CT molecular complexity index is 1290. The summed E-state index contributed by atoms with van der Waals surface area (Å²) in [6.45, 7) is 0. The maximum atomic E-state index is 14.6. The molecule has 0 aliphatic heterocycles. The molecule has 0 atom stereocenters. The smallest absolute Gasteiger partial charge is 0.275 e. The fourth-order valence-corrected chi connectivity index (χ4v) is 4.34. The summed E-state index contributed by atoms with van der Waals surface area (Å²) in [6, 6.07) is 11.4. The van der Waals surface area contributed by atoms with Crippen molar-refractivity contribution in [1.82, 2.24) is 10.4 Å². The van der Waals surface area contributed by atoms with Crippen molar-refractivity contribution >= 4 is 61.4 Å². The minimum Gasteiger partial charge on any atom is -0.358 e. The molecular weight excluding hydrogens is 481 g/mol. The lowest BCUT2D eigenvalue weighted by atomic mass is 10.1. The third-order valence-electron chi connectivity index (χ3n) is 4.20. The quantitative estimate of drug-likeness (QED) is 0.326. The minimum atomic E-state index is -0.646. The number of H-pyrrole nitrogens is 1. The zero-order valence-electron chi connectivity index (χ0n) is 14.6. The number of aromatic nitrogens is 1. The van der Waals surface area contributed by atoms with Crippen LogP contribution in [-0.4, -0.2) is 10.9 Å². The molecule has 9 heteroatoms. The maximum Gasteiger partial charge on any atom is 0.275 e. The molecule has 0 bridgehead atoms. The molecule has 2 heterocycles. The highest BCUT2D eigenvalue weighted by Crippen LogP contribution is 2.32. The monoisotopic (exact) mass is 491 g/mol. The Kier molecular flexibility index (Phi) is 5.40. The van der Waals surface area contributed by atoms with Gasteiger partial charge in [0.25, 0.3) is 5.91 Å². The number of benzene rings is 2. The highest BCUT2D eigenvalue weighted by atomic mass is 79.9. The van der Waals surface area contributed by atoms with Crippen LogP contribution in [0.3, 0.4) is 0 Å². The van der Waals surface area contributed by atoms with E-state index in [2.05, 4.69) is 31.8 Å². The van der Waals surface area contributed by atoms with Gasteiger partial charge in [0.1, 0.15) is 11.4 Å². The van der Waals surface area contributed by atoms with Gasteiger partial charge in [-0.1, -0.05) is 11.6 Å². The summed E-state index contributed by atoms with van der Waals surface area (Å²) in [5.41, 5.74) is 5.67. The number of halogens is 3. The van der Waals surface area contributed by atoms with E-state index in [9.17, 15) is 14.0 Å². The number of fused-ring (bicyclic) bond motifs is 1. The van der Waals surface area contributed by atoms with Gasteiger partial charge in [-0.05, 0) is 64.0 Å². The zero-order chi connectivity index (χ0) is 20.5. The molecule has 0 fully saturated rings. The molecule has 0 aliphatic carbocycles. The van der Waals surface area contributed by atoms with Gasteiger partial charge in [0, 0.05) is 31.3 Å². The molecule has 5 nitrogen and oxygen atoms in total. The normalized spacial score (nSPS) is 10.9. The number of pyridine rings is 1. The number of thiophene rings is 1. The highest BCUT2D eigenvalue weighted by Gasteiger charge is 2.16. The van der Waals surface area contributed by atoms with E-state index in [4.69, 9.17) is 11.6 Å². The molecule has 0 saturated carbocycles. The Hall–Kier alpha value is -2.68. The van der Waals surface area contributed by atoms with Crippen LogP contribution in [0.5, 0.6) is 0 Å². The van der Waals surface area contributed by atoms with E-state index in [0.29, 0.717) is 16.3 Å². The molecule has 2 aromatic heterocycles. The number of nitrogens with one attached hydrogen (secondary N) is 3. The van der Waals surface area contributed by atoms with Gasteiger partial charge >= 0.3 is 0 Å². The molecule has 4 aromatic rings. The van der Waals surface area contributed by atoms with E-state index in [0.717, 1.165) is 9.35 Å². The minimum absolute atomic E-state index is 0.0524. The summed E-state index contributed by atoms with van der Waals surface area (Å²) in [4.78, 5) is 28.9. The van der Waals surface area contributed by atoms with Crippen molar-refractivity contribution in [2.75, 3.05) is 5.43 Å². The van der Waals surface area contributed by atoms with Gasteiger partial charge in [0.2, 0.25) is 5.43 Å². The first-order valence-corrected chi connectivity index (χ1v) is 10.4. The fraction of sp³-hybridized carbons (Fsp3) is 0. The van der Waals surface area contributed by atoms with Crippen molar-refractivity contribution in [2.45, 2.75) is 0 Å². The number of anilines is 1. The van der Waals surface area contributed by atoms with Gasteiger partial charge in [-0.2, -0.15) is 0 Å². The number of carbonyl (C=O) groups excluding carboxylic acids is 1. The topological polar surface area (TPSA) is 74.0 Å². The molecule has 4 rings (SSSR count). The van der Waals surface area contributed by atoms with Crippen molar-refractivity contribution in [1.29, 1.82) is 0 Å². The van der Waals surface area contributed by atoms with E-state index in [1.165, 1.54) is 23.6 Å². The number of hydrazine groups is 1. The van der Waals surface area contributed by atoms with Crippen LogP contribution in [-0.2, 0) is 0 Å². The number of amides is 1. The van der Waals surface area contributed by atoms with Crippen LogP contribution in [0.15, 0.2) is 63.3 Å². The van der Waals surface area contributed by atoms with Crippen molar-refractivity contribution in [3.8, 4) is 10.4 Å². The summed E-state index contributed by atoms with van der Waals surface area (Å²) in [5.74, 6) is -1.21. The van der Waals surface area contributed by atoms with Crippen LogP contribution in [0.1, 0.15) is 10.4 Å². The van der Waals surface area contributed by atoms with E-state index >= 15 is 0 Å². The first-order valence-electron chi connectivity index (χ1n) is 8.33. The van der Waals surface area contributed by atoms with Crippen LogP contribution >= 0.6 is 38.9 Å². The highest BCUT2D eigenvalue weighted by molar-refractivity contribution is 9.10. The van der Waals surface area contributed by atoms with E-state index < -0.39 is 17.2 Å². The van der Waals surface area contributed by atoms with E-state index in [1.54, 1.807) is 30.3 Å². The standard InChI is InChI=1S/C20H12BrClFN3O2S/c21-11-7-17(29-9-11)10-5-14-18(16(23)6-10)24-8-15(19(14)27)20(28)26-25-13-3-1-12(22)2-4-13/h1-9,25H,(H,24,27)(H,26,28). The predicted octanol–water partition coefficient (Wildman–Crippen LogP) is 5.57. The molecule has 0 radical (unpaired) electrons. The summed E-state index contributed by atoms with van der Waals surface area (Å²) < 4.78 is 15.4. The first-order chi connectivity index (χ1) is 13.9. The Morgan fingerprint density at radius 1 is 1.17 bits per heavy atom. The van der Waals surface area contributed by atoms with Crippen molar-refractivity contribution in [3.05, 3.63) is 85.1 Å². The van der Waals surface area contributed by atoms with Crippen molar-refractivity contribution in [3.63, 3.8) is 0 Å². The third kappa shape index (κ3) is 4.05. The molecular formula is C20H12BrClFN3O2S. The Morgan fingerprint density at radius 3 is 2.62 bits per heavy atom. The fourth-order valence-electron chi connectivity index (χ4n) is 2.79. The first kappa shape index (κ1) is 19.6. The summed E-state index contributed by atoms with van der Waals surface area (Å²) in [6.07, 6.45) is 1.20. The molecule has 0 saturated heterocycles. The van der Waals surface area contributed by atoms with Crippen LogP contribution in [0.25, 0.3) is 21.3 Å². The molecule has 146 valence electrons. The second-order valence-corrected chi connectivity index (χ2v) is 8.39. The Balaban J connectivity index is 1.68. The van der Waals surface area contributed by atoms with Gasteiger partial charge in [-0.25, -0.2) is 4.39 Å². The summed E-state index contributed by atoms with van der Waals surface area (Å²) >= 11 is 10.6. The van der Waals surface area contributed by atoms with Gasteiger partial charge in [0.05, 0.1) is 11.2 Å².